The largest absolute Gasteiger partial charge is 0.356 e. The molecule has 202 valence electrons. The Labute approximate surface area is 240 Å². The van der Waals surface area contributed by atoms with Gasteiger partial charge in [0.05, 0.1) is 5.02 Å². The molecule has 8 heteroatoms. The number of rotatable bonds is 12. The molecule has 4 aromatic carbocycles. The Morgan fingerprint density at radius 1 is 0.795 bits per heavy atom. The van der Waals surface area contributed by atoms with Crippen molar-refractivity contribution in [3.05, 3.63) is 136 Å². The summed E-state index contributed by atoms with van der Waals surface area (Å²) in [6.45, 7) is 0.551. The lowest BCUT2D eigenvalue weighted by Crippen LogP contribution is -2.35. The number of amides is 1. The minimum atomic E-state index is -4.02. The van der Waals surface area contributed by atoms with Crippen LogP contribution in [0.3, 0.4) is 0 Å². The lowest BCUT2D eigenvalue weighted by atomic mass is 9.88. The van der Waals surface area contributed by atoms with E-state index in [2.05, 4.69) is 29.6 Å². The van der Waals surface area contributed by atoms with Crippen molar-refractivity contribution in [2.24, 2.45) is 0 Å². The summed E-state index contributed by atoms with van der Waals surface area (Å²) >= 11 is 12.3. The smallest absolute Gasteiger partial charge is 0.244 e. The summed E-state index contributed by atoms with van der Waals surface area (Å²) in [6.07, 6.45) is 0.718. The lowest BCUT2D eigenvalue weighted by Gasteiger charge is -2.23. The van der Waals surface area contributed by atoms with Crippen LogP contribution in [0.4, 0.5) is 0 Å². The first-order chi connectivity index (χ1) is 18.8. The molecular formula is C31H30Cl2N2O3S. The fraction of sp³-hybridized carbons (Fsp3) is 0.194. The van der Waals surface area contributed by atoms with E-state index in [-0.39, 0.29) is 46.3 Å². The van der Waals surface area contributed by atoms with Gasteiger partial charge in [0.25, 0.3) is 0 Å². The second-order valence-electron chi connectivity index (χ2n) is 9.16. The monoisotopic (exact) mass is 580 g/mol. The van der Waals surface area contributed by atoms with Crippen LogP contribution in [0, 0.1) is 0 Å². The molecule has 0 radical (unpaired) electrons. The van der Waals surface area contributed by atoms with Gasteiger partial charge in [0, 0.05) is 37.0 Å². The average Bonchev–Trinajstić information content (AvgIpc) is 2.96. The van der Waals surface area contributed by atoms with E-state index in [1.54, 1.807) is 0 Å². The number of carbonyl (C=O) groups is 1. The molecule has 0 saturated heterocycles. The van der Waals surface area contributed by atoms with Crippen molar-refractivity contribution >= 4 is 39.1 Å². The molecule has 4 rings (SSSR count). The van der Waals surface area contributed by atoms with Gasteiger partial charge in [0.1, 0.15) is 4.90 Å². The number of benzene rings is 4. The maximum atomic E-state index is 13.6. The predicted molar refractivity (Wildman–Crippen MR) is 157 cm³/mol. The molecular weight excluding hydrogens is 551 g/mol. The van der Waals surface area contributed by atoms with E-state index >= 15 is 0 Å². The molecule has 0 heterocycles. The van der Waals surface area contributed by atoms with Gasteiger partial charge >= 0.3 is 0 Å². The van der Waals surface area contributed by atoms with E-state index in [1.165, 1.54) is 33.6 Å². The maximum Gasteiger partial charge on any atom is 0.244 e. The van der Waals surface area contributed by atoms with Gasteiger partial charge in [-0.25, -0.2) is 8.42 Å². The zero-order valence-electron chi connectivity index (χ0n) is 21.3. The molecule has 0 bridgehead atoms. The van der Waals surface area contributed by atoms with Crippen LogP contribution in [0.25, 0.3) is 0 Å². The zero-order valence-corrected chi connectivity index (χ0v) is 23.7. The number of nitrogens with zero attached hydrogens (tertiary/aromatic N) is 1. The number of nitrogens with one attached hydrogen (secondary N) is 1. The first-order valence-electron chi connectivity index (χ1n) is 12.7. The summed E-state index contributed by atoms with van der Waals surface area (Å²) in [7, 11) is -4.02. The Balaban J connectivity index is 1.43. The van der Waals surface area contributed by atoms with E-state index < -0.39 is 10.0 Å². The molecule has 0 spiro atoms. The Morgan fingerprint density at radius 3 is 1.95 bits per heavy atom. The van der Waals surface area contributed by atoms with Crippen LogP contribution in [-0.4, -0.2) is 31.7 Å². The first kappa shape index (κ1) is 28.8. The molecule has 0 aliphatic heterocycles. The number of carbonyl (C=O) groups excluding carboxylic acids is 1. The van der Waals surface area contributed by atoms with Crippen molar-refractivity contribution in [2.75, 3.05) is 13.1 Å². The third kappa shape index (κ3) is 7.93. The Hall–Kier alpha value is -3.16. The van der Waals surface area contributed by atoms with Gasteiger partial charge in [0.2, 0.25) is 15.9 Å². The van der Waals surface area contributed by atoms with E-state index in [4.69, 9.17) is 23.2 Å². The summed E-state index contributed by atoms with van der Waals surface area (Å²) in [5.74, 6) is -0.0899. The van der Waals surface area contributed by atoms with Gasteiger partial charge in [-0.2, -0.15) is 4.31 Å². The third-order valence-corrected chi connectivity index (χ3v) is 9.02. The molecule has 0 atom stereocenters. The first-order valence-corrected chi connectivity index (χ1v) is 14.9. The topological polar surface area (TPSA) is 66.5 Å². The van der Waals surface area contributed by atoms with E-state index in [0.717, 1.165) is 5.56 Å². The summed E-state index contributed by atoms with van der Waals surface area (Å²) < 4.78 is 28.5. The van der Waals surface area contributed by atoms with Gasteiger partial charge in [-0.05, 0) is 41.3 Å². The Kier molecular flexibility index (Phi) is 10.2. The van der Waals surface area contributed by atoms with Gasteiger partial charge < -0.3 is 5.32 Å². The van der Waals surface area contributed by atoms with Crippen LogP contribution in [-0.2, 0) is 21.4 Å². The molecule has 0 aliphatic rings. The maximum absolute atomic E-state index is 13.6. The molecule has 1 N–H and O–H groups in total. The van der Waals surface area contributed by atoms with Crippen LogP contribution in [0.1, 0.15) is 35.4 Å². The molecule has 4 aromatic rings. The van der Waals surface area contributed by atoms with E-state index in [1.807, 2.05) is 66.7 Å². The fourth-order valence-corrected chi connectivity index (χ4v) is 6.62. The van der Waals surface area contributed by atoms with Crippen LogP contribution < -0.4 is 5.32 Å². The SMILES string of the molecule is O=C(CCN(Cc1ccccc1)S(=O)(=O)c1cc(Cl)ccc1Cl)NCCC(c1ccccc1)c1ccccc1. The van der Waals surface area contributed by atoms with Crippen molar-refractivity contribution in [3.63, 3.8) is 0 Å². The minimum Gasteiger partial charge on any atom is -0.356 e. The minimum absolute atomic E-state index is 0.00554. The summed E-state index contributed by atoms with van der Waals surface area (Å²) in [4.78, 5) is 12.8. The number of hydrogen-bond acceptors (Lipinski definition) is 3. The van der Waals surface area contributed by atoms with Crippen molar-refractivity contribution in [1.29, 1.82) is 0 Å². The van der Waals surface area contributed by atoms with E-state index in [0.29, 0.717) is 13.0 Å². The summed E-state index contributed by atoms with van der Waals surface area (Å²) in [5, 5.41) is 3.32. The number of halogens is 2. The van der Waals surface area contributed by atoms with Crippen LogP contribution in [0.2, 0.25) is 10.0 Å². The van der Waals surface area contributed by atoms with Crippen LogP contribution in [0.5, 0.6) is 0 Å². The predicted octanol–water partition coefficient (Wildman–Crippen LogP) is 6.91. The molecule has 0 aliphatic carbocycles. The second kappa shape index (κ2) is 13.8. The van der Waals surface area contributed by atoms with Gasteiger partial charge in [-0.3, -0.25) is 4.79 Å². The molecule has 1 amide bonds. The lowest BCUT2D eigenvalue weighted by molar-refractivity contribution is -0.121. The summed E-state index contributed by atoms with van der Waals surface area (Å²) in [6, 6.07) is 33.9. The number of sulfonamides is 1. The Bertz CT molecular complexity index is 1430. The zero-order chi connectivity index (χ0) is 27.7. The highest BCUT2D eigenvalue weighted by Crippen LogP contribution is 2.29. The standard InChI is InChI=1S/C31H30Cl2N2O3S/c32-27-16-17-29(33)30(22-27)39(37,38)35(23-24-10-4-1-5-11-24)21-19-31(36)34-20-18-28(25-12-6-2-7-13-25)26-14-8-3-9-15-26/h1-17,22,28H,18-21,23H2,(H,34,36). The van der Waals surface area contributed by atoms with Crippen molar-refractivity contribution in [2.45, 2.75) is 30.2 Å². The highest BCUT2D eigenvalue weighted by molar-refractivity contribution is 7.89. The second-order valence-corrected chi connectivity index (χ2v) is 11.9. The molecule has 0 saturated carbocycles. The fourth-order valence-electron chi connectivity index (χ4n) is 4.45. The highest BCUT2D eigenvalue weighted by atomic mass is 35.5. The highest BCUT2D eigenvalue weighted by Gasteiger charge is 2.28. The molecule has 39 heavy (non-hydrogen) atoms. The quantitative estimate of drug-likeness (QED) is 0.198. The number of hydrogen-bond donors (Lipinski definition) is 1. The molecule has 5 nitrogen and oxygen atoms in total. The van der Waals surface area contributed by atoms with Crippen molar-refractivity contribution in [1.82, 2.24) is 9.62 Å². The van der Waals surface area contributed by atoms with Gasteiger partial charge in [-0.15, -0.1) is 0 Å². The average molecular weight is 582 g/mol. The van der Waals surface area contributed by atoms with Gasteiger partial charge in [0.15, 0.2) is 0 Å². The molecule has 0 aromatic heterocycles. The molecule has 0 unspecified atom stereocenters. The van der Waals surface area contributed by atoms with Crippen molar-refractivity contribution < 1.29 is 13.2 Å². The molecule has 0 fully saturated rings. The van der Waals surface area contributed by atoms with Gasteiger partial charge in [-0.1, -0.05) is 114 Å². The summed E-state index contributed by atoms with van der Waals surface area (Å²) in [5.41, 5.74) is 3.15. The third-order valence-electron chi connectivity index (χ3n) is 6.46. The normalized spacial score (nSPS) is 11.6. The van der Waals surface area contributed by atoms with Crippen LogP contribution >= 0.6 is 23.2 Å². The van der Waals surface area contributed by atoms with E-state index in [9.17, 15) is 13.2 Å². The van der Waals surface area contributed by atoms with Crippen molar-refractivity contribution in [3.8, 4) is 0 Å². The van der Waals surface area contributed by atoms with Crippen LogP contribution in [0.15, 0.2) is 114 Å². The Morgan fingerprint density at radius 2 is 1.36 bits per heavy atom.